The van der Waals surface area contributed by atoms with Gasteiger partial charge in [0.1, 0.15) is 5.54 Å². The third-order valence-corrected chi connectivity index (χ3v) is 8.07. The molecule has 0 aliphatic carbocycles. The Balaban J connectivity index is 1.93. The molecule has 0 spiro atoms. The van der Waals surface area contributed by atoms with Gasteiger partial charge in [-0.1, -0.05) is 30.3 Å². The molecule has 4 N–H and O–H groups in total. The van der Waals surface area contributed by atoms with Crippen molar-refractivity contribution >= 4 is 15.9 Å². The van der Waals surface area contributed by atoms with Gasteiger partial charge in [-0.2, -0.15) is 44.2 Å². The van der Waals surface area contributed by atoms with E-state index in [1.54, 1.807) is 30.3 Å². The maximum atomic E-state index is 13.3. The topological polar surface area (TPSA) is 111 Å². The Morgan fingerprint density at radius 1 is 0.976 bits per heavy atom. The number of carbonyl (C=O) groups excluding carboxylic acids is 1. The van der Waals surface area contributed by atoms with Gasteiger partial charge < -0.3 is 15.8 Å². The van der Waals surface area contributed by atoms with Crippen LogP contribution in [0.15, 0.2) is 48.5 Å². The van der Waals surface area contributed by atoms with Gasteiger partial charge in [-0.3, -0.25) is 4.79 Å². The number of ether oxygens (including phenoxy) is 1. The fraction of sp³-hybridized carbons (Fsp3) is 0.458. The van der Waals surface area contributed by atoms with Crippen LogP contribution in [0, 0.1) is 0 Å². The van der Waals surface area contributed by atoms with Gasteiger partial charge in [-0.05, 0) is 49.1 Å². The average Bonchev–Trinajstić information content (AvgIpc) is 2.86. The molecule has 1 heterocycles. The normalized spacial score (nSPS) is 23.3. The Hall–Kier alpha value is -2.89. The van der Waals surface area contributed by atoms with Crippen LogP contribution in [-0.2, 0) is 37.4 Å². The predicted octanol–water partition coefficient (Wildman–Crippen LogP) is 4.74. The largest absolute Gasteiger partial charge is 0.511 e. The zero-order valence-corrected chi connectivity index (χ0v) is 21.9. The molecule has 0 saturated carbocycles. The van der Waals surface area contributed by atoms with Crippen LogP contribution in [0.4, 0.5) is 39.5 Å². The molecule has 3 rings (SSSR count). The van der Waals surface area contributed by atoms with E-state index in [0.29, 0.717) is 17.7 Å². The lowest BCUT2D eigenvalue weighted by molar-refractivity contribution is -0.143. The van der Waals surface area contributed by atoms with E-state index in [1.165, 1.54) is 11.6 Å². The highest BCUT2D eigenvalue weighted by atomic mass is 32.2. The van der Waals surface area contributed by atoms with E-state index in [0.717, 1.165) is 0 Å². The van der Waals surface area contributed by atoms with Crippen LogP contribution in [0.25, 0.3) is 0 Å². The summed E-state index contributed by atoms with van der Waals surface area (Å²) < 4.78 is 150. The summed E-state index contributed by atoms with van der Waals surface area (Å²) in [5.41, 5.74) is -7.32. The summed E-state index contributed by atoms with van der Waals surface area (Å²) in [4.78, 5) is 12.2. The molecule has 7 nitrogen and oxygen atoms in total. The number of nitrogens with one attached hydrogen (secondary N) is 2. The average molecular weight is 622 g/mol. The van der Waals surface area contributed by atoms with Crippen molar-refractivity contribution in [3.63, 3.8) is 0 Å². The van der Waals surface area contributed by atoms with Crippen molar-refractivity contribution in [2.24, 2.45) is 5.73 Å². The lowest BCUT2D eigenvalue weighted by Gasteiger charge is -2.46. The molecule has 0 bridgehead atoms. The highest BCUT2D eigenvalue weighted by molar-refractivity contribution is 7.90. The number of rotatable bonds is 8. The van der Waals surface area contributed by atoms with Crippen LogP contribution in [-0.4, -0.2) is 38.5 Å². The minimum absolute atomic E-state index is 0.0320. The molecule has 2 aromatic rings. The Bertz CT molecular complexity index is 1320. The number of sulfonamides is 1. The summed E-state index contributed by atoms with van der Waals surface area (Å²) in [7, 11) is -6.00. The number of halogens is 9. The number of amides is 1. The summed E-state index contributed by atoms with van der Waals surface area (Å²) >= 11 is 0. The molecule has 1 amide bonds. The molecular formula is C24H24F9N3O4S. The van der Waals surface area contributed by atoms with Crippen molar-refractivity contribution in [2.75, 3.05) is 13.2 Å². The van der Waals surface area contributed by atoms with Gasteiger partial charge in [0, 0.05) is 6.54 Å². The maximum Gasteiger partial charge on any atom is 0.511 e. The van der Waals surface area contributed by atoms with Crippen LogP contribution in [0.1, 0.15) is 48.1 Å². The smallest absolute Gasteiger partial charge is 0.372 e. The monoisotopic (exact) mass is 621 g/mol. The Morgan fingerprint density at radius 2 is 1.51 bits per heavy atom. The Morgan fingerprint density at radius 3 is 1.93 bits per heavy atom. The summed E-state index contributed by atoms with van der Waals surface area (Å²) in [6.07, 6.45) is -12.4. The maximum absolute atomic E-state index is 13.3. The number of piperidine rings is 1. The van der Waals surface area contributed by atoms with Crippen LogP contribution in [0.3, 0.4) is 0 Å². The standard InChI is InChI=1S/C24H24F9N3O4S/c1-14(15-9-17(22(25,26)27)11-18(10-15)23(28,29)30)40-13-21(16-5-3-2-4-6-16)8-7-20(12-35-21,19(34)37)36-41(38,39)24(31,32)33/h2-6,9-11,14,35-36H,7-8,12-13H2,1H3,(H2,34,37)/t14?,20-,21?/m0/s1. The SMILES string of the molecule is CC(OCC1(c2ccccc2)CC[C@@](NS(=O)(=O)C(F)(F)F)(C(N)=O)CN1)c1cc(C(F)(F)F)cc(C(F)(F)F)c1. The molecule has 2 aromatic carbocycles. The fourth-order valence-corrected chi connectivity index (χ4v) is 5.28. The summed E-state index contributed by atoms with van der Waals surface area (Å²) in [6.45, 7) is 0.0189. The fourth-order valence-electron chi connectivity index (χ4n) is 4.37. The third-order valence-electron chi connectivity index (χ3n) is 6.80. The predicted molar refractivity (Wildman–Crippen MR) is 126 cm³/mol. The highest BCUT2D eigenvalue weighted by Gasteiger charge is 2.55. The number of nitrogens with two attached hydrogens (primary N) is 1. The summed E-state index contributed by atoms with van der Waals surface area (Å²) in [5.74, 6) is -1.41. The van der Waals surface area contributed by atoms with Crippen molar-refractivity contribution in [3.8, 4) is 0 Å². The number of hydrogen-bond acceptors (Lipinski definition) is 5. The zero-order valence-electron chi connectivity index (χ0n) is 21.0. The second-order valence-corrected chi connectivity index (χ2v) is 11.3. The summed E-state index contributed by atoms with van der Waals surface area (Å²) in [5, 5.41) is 2.79. The quantitative estimate of drug-likeness (QED) is 0.369. The Labute approximate surface area is 228 Å². The van der Waals surface area contributed by atoms with Crippen molar-refractivity contribution < 1.29 is 57.5 Å². The molecule has 17 heteroatoms. The number of benzene rings is 2. The van der Waals surface area contributed by atoms with E-state index >= 15 is 0 Å². The van der Waals surface area contributed by atoms with Crippen molar-refractivity contribution in [3.05, 3.63) is 70.8 Å². The molecular weight excluding hydrogens is 597 g/mol. The molecule has 1 saturated heterocycles. The van der Waals surface area contributed by atoms with E-state index in [2.05, 4.69) is 5.32 Å². The van der Waals surface area contributed by atoms with Crippen LogP contribution in [0.5, 0.6) is 0 Å². The molecule has 228 valence electrons. The molecule has 2 unspecified atom stereocenters. The first kappa shape index (κ1) is 32.6. The second kappa shape index (κ2) is 11.1. The molecule has 1 fully saturated rings. The first-order valence-electron chi connectivity index (χ1n) is 11.7. The van der Waals surface area contributed by atoms with Crippen LogP contribution < -0.4 is 15.8 Å². The van der Waals surface area contributed by atoms with E-state index in [1.807, 2.05) is 0 Å². The van der Waals surface area contributed by atoms with E-state index < -0.39 is 87.2 Å². The Kier molecular flexibility index (Phi) is 8.81. The number of primary amides is 1. The number of hydrogen-bond donors (Lipinski definition) is 3. The van der Waals surface area contributed by atoms with Gasteiger partial charge in [0.15, 0.2) is 0 Å². The molecule has 3 atom stereocenters. The lowest BCUT2D eigenvalue weighted by atomic mass is 9.76. The van der Waals surface area contributed by atoms with Crippen LogP contribution >= 0.6 is 0 Å². The van der Waals surface area contributed by atoms with Crippen molar-refractivity contribution in [1.82, 2.24) is 10.0 Å². The third kappa shape index (κ3) is 7.13. The van der Waals surface area contributed by atoms with Gasteiger partial charge in [0.2, 0.25) is 5.91 Å². The number of alkyl halides is 9. The molecule has 0 radical (unpaired) electrons. The van der Waals surface area contributed by atoms with Crippen molar-refractivity contribution in [1.29, 1.82) is 0 Å². The minimum Gasteiger partial charge on any atom is -0.372 e. The summed E-state index contributed by atoms with van der Waals surface area (Å²) in [6, 6.07) is 8.88. The zero-order chi connectivity index (χ0) is 31.1. The molecule has 41 heavy (non-hydrogen) atoms. The number of carbonyl (C=O) groups is 1. The lowest BCUT2D eigenvalue weighted by Crippen LogP contribution is -2.70. The highest BCUT2D eigenvalue weighted by Crippen LogP contribution is 2.40. The second-order valence-electron chi connectivity index (χ2n) is 9.59. The van der Waals surface area contributed by atoms with Gasteiger partial charge >= 0.3 is 27.9 Å². The van der Waals surface area contributed by atoms with E-state index in [9.17, 15) is 52.7 Å². The van der Waals surface area contributed by atoms with Gasteiger partial charge in [-0.15, -0.1) is 0 Å². The van der Waals surface area contributed by atoms with Crippen molar-refractivity contribution in [2.45, 2.75) is 54.8 Å². The first-order valence-corrected chi connectivity index (χ1v) is 13.2. The van der Waals surface area contributed by atoms with Gasteiger partial charge in [0.25, 0.3) is 0 Å². The van der Waals surface area contributed by atoms with Gasteiger partial charge in [0.05, 0.1) is 29.4 Å². The van der Waals surface area contributed by atoms with E-state index in [4.69, 9.17) is 10.5 Å². The van der Waals surface area contributed by atoms with E-state index in [-0.39, 0.29) is 12.5 Å². The molecule has 0 aromatic heterocycles. The minimum atomic E-state index is -6.00. The molecule has 1 aliphatic rings. The molecule has 1 aliphatic heterocycles. The first-order chi connectivity index (χ1) is 18.6. The van der Waals surface area contributed by atoms with Crippen LogP contribution in [0.2, 0.25) is 0 Å². The van der Waals surface area contributed by atoms with Gasteiger partial charge in [-0.25, -0.2) is 8.42 Å².